The van der Waals surface area contributed by atoms with Gasteiger partial charge >= 0.3 is 0 Å². The second-order valence-electron chi connectivity index (χ2n) is 7.23. The molecule has 0 unspecified atom stereocenters. The lowest BCUT2D eigenvalue weighted by molar-refractivity contribution is 0.0996. The molecule has 0 bridgehead atoms. The van der Waals surface area contributed by atoms with E-state index in [0.717, 1.165) is 28.5 Å². The van der Waals surface area contributed by atoms with E-state index in [4.69, 9.17) is 4.42 Å². The monoisotopic (exact) mass is 433 g/mol. The molecule has 164 valence electrons. The van der Waals surface area contributed by atoms with E-state index in [1.807, 2.05) is 30.5 Å². The summed E-state index contributed by atoms with van der Waals surface area (Å²) in [6.07, 6.45) is 4.15. The molecule has 2 aromatic carbocycles. The van der Waals surface area contributed by atoms with Crippen molar-refractivity contribution in [2.45, 2.75) is 13.0 Å². The van der Waals surface area contributed by atoms with Crippen molar-refractivity contribution in [3.8, 4) is 0 Å². The third kappa shape index (κ3) is 5.15. The number of carbonyl (C=O) groups is 1. The quantitative estimate of drug-likeness (QED) is 0.261. The molecule has 0 atom stereocenters. The molecular formula is C24H24FN5O2. The first-order chi connectivity index (χ1) is 15.6. The van der Waals surface area contributed by atoms with Crippen LogP contribution >= 0.6 is 0 Å². The molecule has 4 aromatic rings. The van der Waals surface area contributed by atoms with Crippen molar-refractivity contribution in [3.63, 3.8) is 0 Å². The predicted molar refractivity (Wildman–Crippen MR) is 123 cm³/mol. The Labute approximate surface area is 184 Å². The topological polar surface area (TPSA) is 94.5 Å². The molecule has 0 fully saturated rings. The normalized spacial score (nSPS) is 11.5. The summed E-state index contributed by atoms with van der Waals surface area (Å²) >= 11 is 0. The molecule has 0 saturated carbocycles. The lowest BCUT2D eigenvalue weighted by atomic mass is 10.1. The van der Waals surface area contributed by atoms with Crippen LogP contribution in [0.4, 0.5) is 10.1 Å². The van der Waals surface area contributed by atoms with Crippen molar-refractivity contribution in [2.75, 3.05) is 18.9 Å². The highest BCUT2D eigenvalue weighted by molar-refractivity contribution is 6.02. The number of aromatic nitrogens is 1. The van der Waals surface area contributed by atoms with Crippen LogP contribution in [0.15, 0.2) is 76.5 Å². The smallest absolute Gasteiger partial charge is 0.291 e. The van der Waals surface area contributed by atoms with Crippen LogP contribution in [0.1, 0.15) is 21.7 Å². The van der Waals surface area contributed by atoms with Gasteiger partial charge in [-0.3, -0.25) is 9.79 Å². The number of hydrogen-bond donors (Lipinski definition) is 4. The van der Waals surface area contributed by atoms with Crippen LogP contribution < -0.4 is 16.0 Å². The summed E-state index contributed by atoms with van der Waals surface area (Å²) in [5.41, 5.74) is 3.65. The molecular weight excluding hydrogens is 409 g/mol. The van der Waals surface area contributed by atoms with Crippen LogP contribution in [0, 0.1) is 5.82 Å². The Hall–Kier alpha value is -4.07. The molecule has 4 rings (SSSR count). The SMILES string of the molecule is CN=C(NCCc1c[nH]c2cc(F)ccc12)NCc1ccc(NC(=O)c2ccco2)cc1. The van der Waals surface area contributed by atoms with Crippen LogP contribution in [0.2, 0.25) is 0 Å². The van der Waals surface area contributed by atoms with Crippen LogP contribution in [-0.2, 0) is 13.0 Å². The number of halogens is 1. The maximum absolute atomic E-state index is 13.3. The highest BCUT2D eigenvalue weighted by atomic mass is 19.1. The number of anilines is 1. The summed E-state index contributed by atoms with van der Waals surface area (Å²) in [4.78, 5) is 19.4. The minimum Gasteiger partial charge on any atom is -0.459 e. The van der Waals surface area contributed by atoms with Crippen molar-refractivity contribution >= 4 is 28.5 Å². The first kappa shape index (κ1) is 21.2. The second kappa shape index (κ2) is 9.82. The zero-order valence-electron chi connectivity index (χ0n) is 17.6. The number of nitrogens with one attached hydrogen (secondary N) is 4. The molecule has 0 radical (unpaired) electrons. The summed E-state index contributed by atoms with van der Waals surface area (Å²) < 4.78 is 18.4. The van der Waals surface area contributed by atoms with E-state index in [9.17, 15) is 9.18 Å². The van der Waals surface area contributed by atoms with Gasteiger partial charge in [-0.15, -0.1) is 0 Å². The third-order valence-electron chi connectivity index (χ3n) is 5.06. The van der Waals surface area contributed by atoms with Gasteiger partial charge in [0, 0.05) is 42.9 Å². The molecule has 4 N–H and O–H groups in total. The van der Waals surface area contributed by atoms with Gasteiger partial charge in [0.05, 0.1) is 6.26 Å². The number of rotatable bonds is 7. The summed E-state index contributed by atoms with van der Waals surface area (Å²) in [5, 5.41) is 10.4. The summed E-state index contributed by atoms with van der Waals surface area (Å²) in [7, 11) is 1.72. The van der Waals surface area contributed by atoms with Crippen LogP contribution in [0.3, 0.4) is 0 Å². The maximum Gasteiger partial charge on any atom is 0.291 e. The highest BCUT2D eigenvalue weighted by Crippen LogP contribution is 2.19. The number of aromatic amines is 1. The number of H-pyrrole nitrogens is 1. The number of aliphatic imine (C=N–C) groups is 1. The number of carbonyl (C=O) groups excluding carboxylic acids is 1. The minimum absolute atomic E-state index is 0.249. The number of guanidine groups is 1. The van der Waals surface area contributed by atoms with Crippen molar-refractivity contribution < 1.29 is 13.6 Å². The van der Waals surface area contributed by atoms with Crippen LogP contribution in [-0.4, -0.2) is 30.4 Å². The van der Waals surface area contributed by atoms with E-state index in [1.165, 1.54) is 18.4 Å². The van der Waals surface area contributed by atoms with Crippen LogP contribution in [0.25, 0.3) is 10.9 Å². The number of benzene rings is 2. The minimum atomic E-state index is -0.286. The first-order valence-electron chi connectivity index (χ1n) is 10.3. The van der Waals surface area contributed by atoms with E-state index >= 15 is 0 Å². The Bertz CT molecular complexity index is 1210. The van der Waals surface area contributed by atoms with E-state index in [1.54, 1.807) is 25.2 Å². The second-order valence-corrected chi connectivity index (χ2v) is 7.23. The molecule has 0 aliphatic heterocycles. The van der Waals surface area contributed by atoms with Gasteiger partial charge in [-0.1, -0.05) is 12.1 Å². The Morgan fingerprint density at radius 3 is 2.72 bits per heavy atom. The average Bonchev–Trinajstić information content (AvgIpc) is 3.47. The molecule has 0 saturated heterocycles. The number of nitrogens with zero attached hydrogens (tertiary/aromatic N) is 1. The largest absolute Gasteiger partial charge is 0.459 e. The van der Waals surface area contributed by atoms with E-state index in [-0.39, 0.29) is 17.5 Å². The first-order valence-corrected chi connectivity index (χ1v) is 10.3. The van der Waals surface area contributed by atoms with E-state index < -0.39 is 0 Å². The van der Waals surface area contributed by atoms with Gasteiger partial charge in [0.25, 0.3) is 5.91 Å². The fourth-order valence-corrected chi connectivity index (χ4v) is 3.39. The summed E-state index contributed by atoms with van der Waals surface area (Å²) in [5.74, 6) is 0.420. The molecule has 7 nitrogen and oxygen atoms in total. The van der Waals surface area contributed by atoms with Gasteiger partial charge in [-0.2, -0.15) is 0 Å². The van der Waals surface area contributed by atoms with Crippen molar-refractivity contribution in [2.24, 2.45) is 4.99 Å². The highest BCUT2D eigenvalue weighted by Gasteiger charge is 2.09. The van der Waals surface area contributed by atoms with Crippen molar-refractivity contribution in [3.05, 3.63) is 89.8 Å². The lowest BCUT2D eigenvalue weighted by Crippen LogP contribution is -2.37. The van der Waals surface area contributed by atoms with Gasteiger partial charge in [-0.05, 0) is 60.0 Å². The predicted octanol–water partition coefficient (Wildman–Crippen LogP) is 4.06. The van der Waals surface area contributed by atoms with E-state index in [2.05, 4.69) is 25.9 Å². The zero-order valence-corrected chi connectivity index (χ0v) is 17.6. The van der Waals surface area contributed by atoms with Gasteiger partial charge in [0.1, 0.15) is 5.82 Å². The average molecular weight is 433 g/mol. The fraction of sp³-hybridized carbons (Fsp3) is 0.167. The van der Waals surface area contributed by atoms with Crippen molar-refractivity contribution in [1.82, 2.24) is 15.6 Å². The fourth-order valence-electron chi connectivity index (χ4n) is 3.39. The van der Waals surface area contributed by atoms with Crippen LogP contribution in [0.5, 0.6) is 0 Å². The molecule has 32 heavy (non-hydrogen) atoms. The van der Waals surface area contributed by atoms with Gasteiger partial charge in [0.2, 0.25) is 0 Å². The third-order valence-corrected chi connectivity index (χ3v) is 5.06. The Morgan fingerprint density at radius 2 is 1.97 bits per heavy atom. The molecule has 1 amide bonds. The van der Waals surface area contributed by atoms with Gasteiger partial charge in [0.15, 0.2) is 11.7 Å². The zero-order chi connectivity index (χ0) is 22.3. The molecule has 0 spiro atoms. The Kier molecular flexibility index (Phi) is 6.50. The van der Waals surface area contributed by atoms with Gasteiger partial charge < -0.3 is 25.4 Å². The Balaban J connectivity index is 1.24. The van der Waals surface area contributed by atoms with Gasteiger partial charge in [-0.25, -0.2) is 4.39 Å². The molecule has 0 aliphatic rings. The summed E-state index contributed by atoms with van der Waals surface area (Å²) in [6, 6.07) is 15.6. The number of hydrogen-bond acceptors (Lipinski definition) is 3. The standard InChI is InChI=1S/C24H24FN5O2/c1-26-24(27-11-10-17-15-28-21-13-18(25)6-9-20(17)21)29-14-16-4-7-19(8-5-16)30-23(31)22-3-2-12-32-22/h2-9,12-13,15,28H,10-11,14H2,1H3,(H,30,31)(H2,26,27,29). The summed E-state index contributed by atoms with van der Waals surface area (Å²) in [6.45, 7) is 1.26. The lowest BCUT2D eigenvalue weighted by Gasteiger charge is -2.12. The molecule has 2 heterocycles. The van der Waals surface area contributed by atoms with E-state index in [0.29, 0.717) is 24.7 Å². The Morgan fingerprint density at radius 1 is 1.12 bits per heavy atom. The van der Waals surface area contributed by atoms with Crippen molar-refractivity contribution in [1.29, 1.82) is 0 Å². The molecule has 8 heteroatoms. The number of fused-ring (bicyclic) bond motifs is 1. The maximum atomic E-state index is 13.3. The molecule has 0 aliphatic carbocycles. The molecule has 2 aromatic heterocycles. The number of amides is 1. The number of furan rings is 1.